The third-order valence-electron chi connectivity index (χ3n) is 4.45. The largest absolute Gasteiger partial charge is 0.489 e. The van der Waals surface area contributed by atoms with Crippen molar-refractivity contribution >= 4 is 67.2 Å². The smallest absolute Gasteiger partial charge is 0.343 e. The van der Waals surface area contributed by atoms with Gasteiger partial charge in [-0.1, -0.05) is 6.58 Å². The highest BCUT2D eigenvalue weighted by molar-refractivity contribution is 14.1. The molecule has 0 radical (unpaired) electrons. The Morgan fingerprint density at radius 1 is 0.943 bits per heavy atom. The van der Waals surface area contributed by atoms with Crippen molar-refractivity contribution < 1.29 is 36.8 Å². The van der Waals surface area contributed by atoms with Gasteiger partial charge >= 0.3 is 11.9 Å². The molecule has 3 aromatic carbocycles. The van der Waals surface area contributed by atoms with Gasteiger partial charge in [-0.25, -0.2) is 9.59 Å². The van der Waals surface area contributed by atoms with Crippen LogP contribution in [0.4, 0.5) is 0 Å². The number of ether oxygens (including phenoxy) is 3. The summed E-state index contributed by atoms with van der Waals surface area (Å²) in [6.07, 6.45) is 0. The predicted octanol–water partition coefficient (Wildman–Crippen LogP) is 5.42. The lowest BCUT2D eigenvalue weighted by molar-refractivity contribution is -0.130. The molecule has 0 aliphatic heterocycles. The first-order valence-corrected chi connectivity index (χ1v) is 13.4. The van der Waals surface area contributed by atoms with Crippen LogP contribution in [0.1, 0.15) is 22.8 Å². The summed E-state index contributed by atoms with van der Waals surface area (Å²) < 4.78 is 49.7. The normalized spacial score (nSPS) is 11.0. The van der Waals surface area contributed by atoms with Crippen LogP contribution >= 0.6 is 45.2 Å². The van der Waals surface area contributed by atoms with E-state index in [-0.39, 0.29) is 22.6 Å². The molecule has 11 heteroatoms. The zero-order valence-electron chi connectivity index (χ0n) is 18.2. The number of rotatable bonds is 8. The molecule has 0 aliphatic carbocycles. The Balaban J connectivity index is 1.75. The fourth-order valence-electron chi connectivity index (χ4n) is 2.71. The molecule has 182 valence electrons. The van der Waals surface area contributed by atoms with Crippen LogP contribution in [0.25, 0.3) is 0 Å². The lowest BCUT2D eigenvalue weighted by Gasteiger charge is -2.14. The monoisotopic (exact) mass is 720 g/mol. The van der Waals surface area contributed by atoms with Crippen LogP contribution in [-0.2, 0) is 21.5 Å². The molecule has 0 saturated heterocycles. The molecule has 35 heavy (non-hydrogen) atoms. The van der Waals surface area contributed by atoms with Gasteiger partial charge in [0.15, 0.2) is 5.75 Å². The van der Waals surface area contributed by atoms with Crippen LogP contribution < -0.4 is 14.2 Å². The molecule has 0 aromatic heterocycles. The molecule has 8 nitrogen and oxygen atoms in total. The highest BCUT2D eigenvalue weighted by atomic mass is 127. The second-order valence-electron chi connectivity index (χ2n) is 7.19. The molecular formula is C24H18I2O8S. The van der Waals surface area contributed by atoms with E-state index in [2.05, 4.69) is 29.2 Å². The van der Waals surface area contributed by atoms with E-state index in [0.29, 0.717) is 26.4 Å². The van der Waals surface area contributed by atoms with E-state index in [9.17, 15) is 18.0 Å². The maximum absolute atomic E-state index is 12.7. The van der Waals surface area contributed by atoms with Crippen LogP contribution in [0.3, 0.4) is 0 Å². The summed E-state index contributed by atoms with van der Waals surface area (Å²) in [4.78, 5) is 24.0. The first-order chi connectivity index (χ1) is 16.4. The van der Waals surface area contributed by atoms with Gasteiger partial charge in [0.05, 0.1) is 14.0 Å². The fourth-order valence-corrected chi connectivity index (χ4v) is 5.26. The lowest BCUT2D eigenvalue weighted by Crippen LogP contribution is -2.12. The van der Waals surface area contributed by atoms with Gasteiger partial charge in [0.1, 0.15) is 18.1 Å². The fraction of sp³-hybridized carbons (Fsp3) is 0.0833. The average molecular weight is 720 g/mol. The molecule has 0 saturated carbocycles. The molecule has 0 aliphatic rings. The molecule has 0 amide bonds. The number of halogens is 2. The van der Waals surface area contributed by atoms with Gasteiger partial charge in [0.25, 0.3) is 10.1 Å². The van der Waals surface area contributed by atoms with Gasteiger partial charge < -0.3 is 14.2 Å². The van der Waals surface area contributed by atoms with Crippen molar-refractivity contribution in [2.45, 2.75) is 18.4 Å². The molecule has 1 N–H and O–H groups in total. The summed E-state index contributed by atoms with van der Waals surface area (Å²) in [7, 11) is -4.37. The molecule has 0 heterocycles. The number of hydrogen-bond acceptors (Lipinski definition) is 7. The van der Waals surface area contributed by atoms with E-state index in [1.165, 1.54) is 12.1 Å². The van der Waals surface area contributed by atoms with Gasteiger partial charge in [0, 0.05) is 14.7 Å². The third kappa shape index (κ3) is 7.49. The lowest BCUT2D eigenvalue weighted by atomic mass is 10.2. The van der Waals surface area contributed by atoms with E-state index in [1.54, 1.807) is 31.2 Å². The Labute approximate surface area is 229 Å². The Bertz CT molecular complexity index is 1380. The van der Waals surface area contributed by atoms with Gasteiger partial charge in [0.2, 0.25) is 0 Å². The first kappa shape index (κ1) is 27.1. The van der Waals surface area contributed by atoms with Crippen molar-refractivity contribution in [2.75, 3.05) is 0 Å². The molecule has 0 atom stereocenters. The molecule has 3 rings (SSSR count). The summed E-state index contributed by atoms with van der Waals surface area (Å²) in [5, 5.41) is 0. The van der Waals surface area contributed by atoms with E-state index in [4.69, 9.17) is 18.8 Å². The maximum Gasteiger partial charge on any atom is 0.343 e. The molecule has 3 aromatic rings. The van der Waals surface area contributed by atoms with Crippen LogP contribution in [0, 0.1) is 7.14 Å². The van der Waals surface area contributed by atoms with Crippen LogP contribution in [0.15, 0.2) is 77.7 Å². The summed E-state index contributed by atoms with van der Waals surface area (Å²) >= 11 is 4.19. The maximum atomic E-state index is 12.7. The average Bonchev–Trinajstić information content (AvgIpc) is 2.79. The molecule has 0 spiro atoms. The number of esters is 2. The second-order valence-corrected chi connectivity index (χ2v) is 11.0. The van der Waals surface area contributed by atoms with E-state index in [1.807, 2.05) is 34.7 Å². The minimum absolute atomic E-state index is 0.0854. The number of carbonyl (C=O) groups is 2. The Hall–Kier alpha value is -2.49. The van der Waals surface area contributed by atoms with E-state index >= 15 is 0 Å². The SMILES string of the molecule is C=C(C)C(=O)Oc1ccc(OCc2cc(I)cc(I)c2OC(=O)c2ccc(S(=O)(=O)O)cc2)cc1. The third-order valence-corrected chi connectivity index (χ3v) is 6.74. The van der Waals surface area contributed by atoms with Gasteiger partial charge in [-0.3, -0.25) is 4.55 Å². The van der Waals surface area contributed by atoms with Crippen molar-refractivity contribution in [3.05, 3.63) is 91.1 Å². The predicted molar refractivity (Wildman–Crippen MR) is 144 cm³/mol. The van der Waals surface area contributed by atoms with Gasteiger partial charge in [-0.15, -0.1) is 0 Å². The number of hydrogen-bond donors (Lipinski definition) is 1. The first-order valence-electron chi connectivity index (χ1n) is 9.82. The molecule has 0 unspecified atom stereocenters. The van der Waals surface area contributed by atoms with Crippen molar-refractivity contribution in [3.63, 3.8) is 0 Å². The zero-order chi connectivity index (χ0) is 25.8. The summed E-state index contributed by atoms with van der Waals surface area (Å²) in [5.41, 5.74) is 1.01. The van der Waals surface area contributed by atoms with Crippen molar-refractivity contribution in [1.82, 2.24) is 0 Å². The molecule has 0 fully saturated rings. The minimum atomic E-state index is -4.37. The molecule has 0 bridgehead atoms. The second kappa shape index (κ2) is 11.5. The number of benzene rings is 3. The van der Waals surface area contributed by atoms with Crippen molar-refractivity contribution in [1.29, 1.82) is 0 Å². The van der Waals surface area contributed by atoms with Crippen LogP contribution in [0.2, 0.25) is 0 Å². The Morgan fingerprint density at radius 2 is 1.54 bits per heavy atom. The van der Waals surface area contributed by atoms with Crippen LogP contribution in [-0.4, -0.2) is 24.9 Å². The minimum Gasteiger partial charge on any atom is -0.489 e. The van der Waals surface area contributed by atoms with Gasteiger partial charge in [-0.05, 0) is 113 Å². The van der Waals surface area contributed by atoms with Gasteiger partial charge in [-0.2, -0.15) is 8.42 Å². The zero-order valence-corrected chi connectivity index (χ0v) is 23.3. The van der Waals surface area contributed by atoms with Crippen molar-refractivity contribution in [2.24, 2.45) is 0 Å². The summed E-state index contributed by atoms with van der Waals surface area (Å²) in [6, 6.07) is 14.8. The standard InChI is InChI=1S/C24H18I2O8S/c1-14(2)23(27)33-19-7-5-18(6-8-19)32-13-16-11-17(25)12-21(26)22(16)34-24(28)15-3-9-20(10-4-15)35(29,30)31/h3-12H,1,13H2,2H3,(H,29,30,31). The number of carbonyl (C=O) groups excluding carboxylic acids is 2. The Morgan fingerprint density at radius 3 is 2.11 bits per heavy atom. The highest BCUT2D eigenvalue weighted by Gasteiger charge is 2.18. The Kier molecular flexibility index (Phi) is 8.90. The summed E-state index contributed by atoms with van der Waals surface area (Å²) in [5.74, 6) is -0.0557. The molecular weight excluding hydrogens is 702 g/mol. The topological polar surface area (TPSA) is 116 Å². The summed E-state index contributed by atoms with van der Waals surface area (Å²) in [6.45, 7) is 5.18. The van der Waals surface area contributed by atoms with Crippen molar-refractivity contribution in [3.8, 4) is 17.2 Å². The van der Waals surface area contributed by atoms with E-state index in [0.717, 1.165) is 15.7 Å². The quantitative estimate of drug-likeness (QED) is 0.108. The highest BCUT2D eigenvalue weighted by Crippen LogP contribution is 2.31. The van der Waals surface area contributed by atoms with E-state index < -0.39 is 22.1 Å². The van der Waals surface area contributed by atoms with Crippen LogP contribution in [0.5, 0.6) is 17.2 Å².